The number of ether oxygens (including phenoxy) is 1. The molecule has 0 aromatic heterocycles. The number of carbonyl (C=O) groups is 1. The molecule has 25 heavy (non-hydrogen) atoms. The maximum absolute atomic E-state index is 14.0. The summed E-state index contributed by atoms with van der Waals surface area (Å²) in [6, 6.07) is 12.4. The van der Waals surface area contributed by atoms with E-state index < -0.39 is 0 Å². The highest BCUT2D eigenvalue weighted by atomic mass is 79.9. The summed E-state index contributed by atoms with van der Waals surface area (Å²) < 4.78 is 19.9. The van der Waals surface area contributed by atoms with Crippen molar-refractivity contribution in [3.63, 3.8) is 0 Å². The van der Waals surface area contributed by atoms with Gasteiger partial charge in [0.15, 0.2) is 0 Å². The Bertz CT molecular complexity index is 748. The molecule has 132 valence electrons. The first-order chi connectivity index (χ1) is 12.0. The zero-order chi connectivity index (χ0) is 18.2. The Kier molecular flexibility index (Phi) is 7.19. The van der Waals surface area contributed by atoms with Gasteiger partial charge in [0.2, 0.25) is 5.91 Å². The number of carbonyl (C=O) groups excluding carboxylic acids is 1. The van der Waals surface area contributed by atoms with Crippen LogP contribution < -0.4 is 4.74 Å². The van der Waals surface area contributed by atoms with Gasteiger partial charge in [-0.15, -0.1) is 6.58 Å². The van der Waals surface area contributed by atoms with E-state index in [1.54, 1.807) is 30.2 Å². The lowest BCUT2D eigenvalue weighted by Gasteiger charge is -2.22. The molecule has 0 fully saturated rings. The van der Waals surface area contributed by atoms with Crippen molar-refractivity contribution >= 4 is 21.8 Å². The van der Waals surface area contributed by atoms with Gasteiger partial charge in [0, 0.05) is 29.5 Å². The second-order valence-electron chi connectivity index (χ2n) is 5.65. The number of rotatable bonds is 8. The summed E-state index contributed by atoms with van der Waals surface area (Å²) in [5, 5.41) is 0. The summed E-state index contributed by atoms with van der Waals surface area (Å²) >= 11 is 3.34. The minimum absolute atomic E-state index is 0.0397. The fourth-order valence-electron chi connectivity index (χ4n) is 2.52. The summed E-state index contributed by atoms with van der Waals surface area (Å²) in [6.07, 6.45) is 2.60. The third kappa shape index (κ3) is 5.71. The molecule has 0 aliphatic carbocycles. The van der Waals surface area contributed by atoms with Crippen molar-refractivity contribution in [3.05, 3.63) is 76.5 Å². The summed E-state index contributed by atoms with van der Waals surface area (Å²) in [4.78, 5) is 14.2. The van der Waals surface area contributed by atoms with E-state index >= 15 is 0 Å². The van der Waals surface area contributed by atoms with Crippen LogP contribution in [0.1, 0.15) is 17.5 Å². The number of hydrogen-bond acceptors (Lipinski definition) is 2. The highest BCUT2D eigenvalue weighted by molar-refractivity contribution is 9.10. The van der Waals surface area contributed by atoms with Crippen LogP contribution in [-0.4, -0.2) is 24.5 Å². The van der Waals surface area contributed by atoms with E-state index in [1.165, 1.54) is 6.07 Å². The molecule has 5 heteroatoms. The Hall–Kier alpha value is -2.14. The van der Waals surface area contributed by atoms with Gasteiger partial charge in [0.25, 0.3) is 0 Å². The molecule has 0 saturated carbocycles. The average molecular weight is 406 g/mol. The first kappa shape index (κ1) is 19.2. The molecule has 0 spiro atoms. The Labute approximate surface area is 156 Å². The standard InChI is InChI=1S/C20H21BrFNO2/c1-3-11-23(14-16-13-17(21)8-9-19(16)22)20(24)10-7-15-5-4-6-18(12-15)25-2/h3-6,8-9,12-13H,1,7,10-11,14H2,2H3. The van der Waals surface area contributed by atoms with Crippen LogP contribution in [0, 0.1) is 5.82 Å². The zero-order valence-electron chi connectivity index (χ0n) is 14.2. The van der Waals surface area contributed by atoms with Gasteiger partial charge in [-0.1, -0.05) is 34.1 Å². The predicted molar refractivity (Wildman–Crippen MR) is 101 cm³/mol. The summed E-state index contributed by atoms with van der Waals surface area (Å²) in [5.74, 6) is 0.407. The lowest BCUT2D eigenvalue weighted by molar-refractivity contribution is -0.131. The fraction of sp³-hybridized carbons (Fsp3) is 0.250. The number of nitrogens with zero attached hydrogens (tertiary/aromatic N) is 1. The third-order valence-corrected chi connectivity index (χ3v) is 4.33. The van der Waals surface area contributed by atoms with E-state index in [0.29, 0.717) is 24.9 Å². The first-order valence-corrected chi connectivity index (χ1v) is 8.78. The number of benzene rings is 2. The van der Waals surface area contributed by atoms with Crippen LogP contribution in [0.25, 0.3) is 0 Å². The van der Waals surface area contributed by atoms with E-state index in [4.69, 9.17) is 4.74 Å². The maximum Gasteiger partial charge on any atom is 0.223 e. The van der Waals surface area contributed by atoms with Gasteiger partial charge >= 0.3 is 0 Å². The van der Waals surface area contributed by atoms with Crippen molar-refractivity contribution in [1.29, 1.82) is 0 Å². The molecule has 2 aromatic carbocycles. The lowest BCUT2D eigenvalue weighted by atomic mass is 10.1. The van der Waals surface area contributed by atoms with Crippen molar-refractivity contribution in [1.82, 2.24) is 4.90 Å². The molecule has 3 nitrogen and oxygen atoms in total. The maximum atomic E-state index is 14.0. The highest BCUT2D eigenvalue weighted by Gasteiger charge is 2.15. The molecule has 0 N–H and O–H groups in total. The Morgan fingerprint density at radius 3 is 2.84 bits per heavy atom. The van der Waals surface area contributed by atoms with Crippen LogP contribution in [0.4, 0.5) is 4.39 Å². The normalized spacial score (nSPS) is 10.4. The number of halogens is 2. The van der Waals surface area contributed by atoms with Gasteiger partial charge in [0.05, 0.1) is 7.11 Å². The molecule has 0 unspecified atom stereocenters. The van der Waals surface area contributed by atoms with Crippen LogP contribution in [0.15, 0.2) is 59.6 Å². The molecular formula is C20H21BrFNO2. The Balaban J connectivity index is 2.04. The topological polar surface area (TPSA) is 29.5 Å². The minimum Gasteiger partial charge on any atom is -0.497 e. The van der Waals surface area contributed by atoms with E-state index in [0.717, 1.165) is 15.8 Å². The molecule has 0 saturated heterocycles. The largest absolute Gasteiger partial charge is 0.497 e. The molecule has 0 bridgehead atoms. The van der Waals surface area contributed by atoms with Crippen molar-refractivity contribution in [3.8, 4) is 5.75 Å². The second kappa shape index (κ2) is 9.37. The molecule has 0 aliphatic rings. The SMILES string of the molecule is C=CCN(Cc1cc(Br)ccc1F)C(=O)CCc1cccc(OC)c1. The molecule has 2 aromatic rings. The van der Waals surface area contributed by atoms with Crippen LogP contribution in [0.2, 0.25) is 0 Å². The molecule has 0 radical (unpaired) electrons. The Morgan fingerprint density at radius 1 is 1.32 bits per heavy atom. The van der Waals surface area contributed by atoms with Crippen molar-refractivity contribution in [2.24, 2.45) is 0 Å². The Morgan fingerprint density at radius 2 is 2.12 bits per heavy atom. The summed E-state index contributed by atoms with van der Waals surface area (Å²) in [6.45, 7) is 4.29. The van der Waals surface area contributed by atoms with E-state index in [-0.39, 0.29) is 18.3 Å². The predicted octanol–water partition coefficient (Wildman–Crippen LogP) is 4.74. The van der Waals surface area contributed by atoms with Crippen LogP contribution in [0.5, 0.6) is 5.75 Å². The molecule has 2 rings (SSSR count). The van der Waals surface area contributed by atoms with Crippen molar-refractivity contribution in [2.45, 2.75) is 19.4 Å². The number of hydrogen-bond donors (Lipinski definition) is 0. The van der Waals surface area contributed by atoms with Gasteiger partial charge in [-0.3, -0.25) is 4.79 Å². The van der Waals surface area contributed by atoms with Crippen molar-refractivity contribution in [2.75, 3.05) is 13.7 Å². The fourth-order valence-corrected chi connectivity index (χ4v) is 2.93. The number of amides is 1. The third-order valence-electron chi connectivity index (χ3n) is 3.83. The van der Waals surface area contributed by atoms with E-state index in [9.17, 15) is 9.18 Å². The van der Waals surface area contributed by atoms with Gasteiger partial charge in [-0.25, -0.2) is 4.39 Å². The lowest BCUT2D eigenvalue weighted by Crippen LogP contribution is -2.31. The van der Waals surface area contributed by atoms with E-state index in [2.05, 4.69) is 22.5 Å². The minimum atomic E-state index is -0.321. The van der Waals surface area contributed by atoms with Crippen molar-refractivity contribution < 1.29 is 13.9 Å². The van der Waals surface area contributed by atoms with Gasteiger partial charge in [-0.05, 0) is 42.3 Å². The smallest absolute Gasteiger partial charge is 0.223 e. The monoisotopic (exact) mass is 405 g/mol. The average Bonchev–Trinajstić information content (AvgIpc) is 2.62. The van der Waals surface area contributed by atoms with Gasteiger partial charge < -0.3 is 9.64 Å². The molecule has 0 heterocycles. The summed E-state index contributed by atoms with van der Waals surface area (Å²) in [5.41, 5.74) is 1.51. The van der Waals surface area contributed by atoms with Crippen LogP contribution in [-0.2, 0) is 17.8 Å². The highest BCUT2D eigenvalue weighted by Crippen LogP contribution is 2.19. The van der Waals surface area contributed by atoms with Crippen LogP contribution >= 0.6 is 15.9 Å². The molecular weight excluding hydrogens is 385 g/mol. The van der Waals surface area contributed by atoms with Gasteiger partial charge in [-0.2, -0.15) is 0 Å². The van der Waals surface area contributed by atoms with Gasteiger partial charge in [0.1, 0.15) is 11.6 Å². The number of aryl methyl sites for hydroxylation is 1. The van der Waals surface area contributed by atoms with Crippen LogP contribution in [0.3, 0.4) is 0 Å². The number of methoxy groups -OCH3 is 1. The molecule has 1 amide bonds. The first-order valence-electron chi connectivity index (χ1n) is 7.99. The van der Waals surface area contributed by atoms with E-state index in [1.807, 2.05) is 24.3 Å². The quantitative estimate of drug-likeness (QED) is 0.593. The summed E-state index contributed by atoms with van der Waals surface area (Å²) in [7, 11) is 1.61. The molecule has 0 atom stereocenters. The second-order valence-corrected chi connectivity index (χ2v) is 6.57. The molecule has 0 aliphatic heterocycles. The zero-order valence-corrected chi connectivity index (χ0v) is 15.8.